The SMILES string of the molecule is COc1ccc([C@H]2C(C(=O)Nc3ccccc3)=C(C)N=c3s/c(=C\c4ccc(C(=O)O)cc4)c(=O)n32)cc1. The van der Waals surface area contributed by atoms with Crippen LogP contribution in [0.25, 0.3) is 6.08 Å². The Morgan fingerprint density at radius 3 is 2.34 bits per heavy atom. The number of ether oxygens (including phenoxy) is 1. The number of carboxylic acid groups (broad SMARTS) is 1. The van der Waals surface area contributed by atoms with Gasteiger partial charge < -0.3 is 15.2 Å². The Kier molecular flexibility index (Phi) is 6.76. The molecule has 1 aliphatic rings. The molecule has 2 heterocycles. The van der Waals surface area contributed by atoms with Crippen molar-refractivity contribution < 1.29 is 19.4 Å². The summed E-state index contributed by atoms with van der Waals surface area (Å²) in [5.41, 5.74) is 2.79. The number of carbonyl (C=O) groups is 2. The number of allylic oxidation sites excluding steroid dienone is 1. The molecule has 0 unspecified atom stereocenters. The Morgan fingerprint density at radius 1 is 1.03 bits per heavy atom. The minimum Gasteiger partial charge on any atom is -0.497 e. The molecule has 8 nitrogen and oxygen atoms in total. The van der Waals surface area contributed by atoms with Gasteiger partial charge in [0, 0.05) is 5.69 Å². The first-order valence-corrected chi connectivity index (χ1v) is 12.5. The lowest BCUT2D eigenvalue weighted by molar-refractivity contribution is -0.113. The summed E-state index contributed by atoms with van der Waals surface area (Å²) in [5, 5.41) is 12.1. The predicted molar refractivity (Wildman–Crippen MR) is 145 cm³/mol. The molecule has 0 bridgehead atoms. The topological polar surface area (TPSA) is 110 Å². The molecular formula is C29H23N3O5S. The normalized spacial score (nSPS) is 15.0. The summed E-state index contributed by atoms with van der Waals surface area (Å²) in [6.45, 7) is 1.76. The number of para-hydroxylation sites is 1. The molecule has 0 spiro atoms. The molecule has 0 aliphatic carbocycles. The van der Waals surface area contributed by atoms with Crippen LogP contribution in [0.4, 0.5) is 5.69 Å². The molecule has 1 aliphatic heterocycles. The molecule has 190 valence electrons. The van der Waals surface area contributed by atoms with Crippen LogP contribution in [-0.2, 0) is 4.79 Å². The van der Waals surface area contributed by atoms with Gasteiger partial charge in [0.2, 0.25) is 0 Å². The minimum absolute atomic E-state index is 0.160. The molecule has 3 aromatic carbocycles. The monoisotopic (exact) mass is 525 g/mol. The summed E-state index contributed by atoms with van der Waals surface area (Å²) in [5.74, 6) is -0.717. The van der Waals surface area contributed by atoms with Gasteiger partial charge in [0.05, 0.1) is 34.5 Å². The zero-order chi connectivity index (χ0) is 26.8. The smallest absolute Gasteiger partial charge is 0.335 e. The van der Waals surface area contributed by atoms with E-state index in [1.807, 2.05) is 30.3 Å². The Labute approximate surface area is 221 Å². The zero-order valence-electron chi connectivity index (χ0n) is 20.5. The average molecular weight is 526 g/mol. The van der Waals surface area contributed by atoms with Crippen LogP contribution in [0.15, 0.2) is 99.9 Å². The summed E-state index contributed by atoms with van der Waals surface area (Å²) in [6, 6.07) is 21.9. The number of amides is 1. The van der Waals surface area contributed by atoms with Gasteiger partial charge in [-0.05, 0) is 60.5 Å². The third-order valence-corrected chi connectivity index (χ3v) is 7.17. The van der Waals surface area contributed by atoms with Crippen LogP contribution in [0, 0.1) is 0 Å². The Bertz CT molecular complexity index is 1740. The van der Waals surface area contributed by atoms with Crippen LogP contribution in [0.5, 0.6) is 5.75 Å². The van der Waals surface area contributed by atoms with E-state index in [1.165, 1.54) is 28.0 Å². The van der Waals surface area contributed by atoms with E-state index in [2.05, 4.69) is 10.3 Å². The summed E-state index contributed by atoms with van der Waals surface area (Å²) >= 11 is 1.22. The highest BCUT2D eigenvalue weighted by molar-refractivity contribution is 7.07. The van der Waals surface area contributed by atoms with Gasteiger partial charge in [0.25, 0.3) is 11.5 Å². The van der Waals surface area contributed by atoms with Gasteiger partial charge >= 0.3 is 5.97 Å². The Hall–Kier alpha value is -4.76. The minimum atomic E-state index is -1.02. The first kappa shape index (κ1) is 24.9. The number of methoxy groups -OCH3 is 1. The predicted octanol–water partition coefficient (Wildman–Crippen LogP) is 3.58. The number of nitrogens with zero attached hydrogens (tertiary/aromatic N) is 2. The second-order valence-electron chi connectivity index (χ2n) is 8.60. The third kappa shape index (κ3) is 4.79. The molecule has 9 heteroatoms. The van der Waals surface area contributed by atoms with Gasteiger partial charge in [0.1, 0.15) is 5.75 Å². The molecule has 5 rings (SSSR count). The largest absolute Gasteiger partial charge is 0.497 e. The first-order valence-electron chi connectivity index (χ1n) is 11.7. The number of hydrogen-bond donors (Lipinski definition) is 2. The molecule has 2 N–H and O–H groups in total. The van der Waals surface area contributed by atoms with E-state index in [0.717, 1.165) is 5.56 Å². The lowest BCUT2D eigenvalue weighted by Gasteiger charge is -2.25. The number of aromatic nitrogens is 1. The molecular weight excluding hydrogens is 502 g/mol. The summed E-state index contributed by atoms with van der Waals surface area (Å²) in [6.07, 6.45) is 1.70. The van der Waals surface area contributed by atoms with Crippen LogP contribution >= 0.6 is 11.3 Å². The van der Waals surface area contributed by atoms with E-state index in [0.29, 0.717) is 37.6 Å². The van der Waals surface area contributed by atoms with E-state index in [1.54, 1.807) is 56.5 Å². The van der Waals surface area contributed by atoms with Crippen molar-refractivity contribution in [2.24, 2.45) is 4.99 Å². The number of aromatic carboxylic acids is 1. The number of benzene rings is 3. The molecule has 1 amide bonds. The molecule has 0 radical (unpaired) electrons. The number of anilines is 1. The molecule has 38 heavy (non-hydrogen) atoms. The van der Waals surface area contributed by atoms with E-state index in [-0.39, 0.29) is 17.0 Å². The van der Waals surface area contributed by atoms with Crippen LogP contribution in [-0.4, -0.2) is 28.7 Å². The Morgan fingerprint density at radius 2 is 1.71 bits per heavy atom. The van der Waals surface area contributed by atoms with Crippen molar-refractivity contribution in [2.45, 2.75) is 13.0 Å². The number of thiazole rings is 1. The molecule has 0 saturated carbocycles. The fraction of sp³-hybridized carbons (Fsp3) is 0.103. The van der Waals surface area contributed by atoms with Gasteiger partial charge in [-0.25, -0.2) is 9.79 Å². The summed E-state index contributed by atoms with van der Waals surface area (Å²) in [4.78, 5) is 43.6. The fourth-order valence-electron chi connectivity index (χ4n) is 4.31. The van der Waals surface area contributed by atoms with Crippen molar-refractivity contribution in [1.82, 2.24) is 4.57 Å². The van der Waals surface area contributed by atoms with E-state index < -0.39 is 12.0 Å². The third-order valence-electron chi connectivity index (χ3n) is 6.18. The maximum Gasteiger partial charge on any atom is 0.335 e. The lowest BCUT2D eigenvalue weighted by atomic mass is 9.95. The van der Waals surface area contributed by atoms with Gasteiger partial charge in [-0.15, -0.1) is 0 Å². The van der Waals surface area contributed by atoms with Crippen molar-refractivity contribution in [3.63, 3.8) is 0 Å². The molecule has 1 atom stereocenters. The molecule has 0 saturated heterocycles. The quantitative estimate of drug-likeness (QED) is 0.400. The number of carboxylic acids is 1. The second kappa shape index (κ2) is 10.3. The molecule has 4 aromatic rings. The van der Waals surface area contributed by atoms with Gasteiger partial charge in [0.15, 0.2) is 4.80 Å². The van der Waals surface area contributed by atoms with Crippen molar-refractivity contribution in [2.75, 3.05) is 12.4 Å². The number of rotatable bonds is 6. The number of nitrogens with one attached hydrogen (secondary N) is 1. The summed E-state index contributed by atoms with van der Waals surface area (Å²) in [7, 11) is 1.57. The maximum absolute atomic E-state index is 13.7. The van der Waals surface area contributed by atoms with Crippen LogP contribution in [0.3, 0.4) is 0 Å². The number of fused-ring (bicyclic) bond motifs is 1. The standard InChI is InChI=1S/C29H23N3O5S/c1-17-24(26(33)31-21-6-4-3-5-7-21)25(19-12-14-22(37-2)15-13-19)32-27(34)23(38-29(32)30-17)16-18-8-10-20(11-9-18)28(35)36/h3-16,25H,1-2H3,(H,31,33)(H,35,36)/b23-16-/t25-/m0/s1. The maximum atomic E-state index is 13.7. The van der Waals surface area contributed by atoms with Gasteiger partial charge in [-0.2, -0.15) is 0 Å². The molecule has 0 fully saturated rings. The number of carbonyl (C=O) groups excluding carboxylic acids is 1. The van der Waals surface area contributed by atoms with E-state index >= 15 is 0 Å². The second-order valence-corrected chi connectivity index (χ2v) is 9.61. The summed E-state index contributed by atoms with van der Waals surface area (Å²) < 4.78 is 7.26. The van der Waals surface area contributed by atoms with Crippen molar-refractivity contribution in [1.29, 1.82) is 0 Å². The van der Waals surface area contributed by atoms with Crippen molar-refractivity contribution in [3.05, 3.63) is 127 Å². The van der Waals surface area contributed by atoms with Crippen LogP contribution in [0.2, 0.25) is 0 Å². The van der Waals surface area contributed by atoms with E-state index in [4.69, 9.17) is 9.84 Å². The highest BCUT2D eigenvalue weighted by Gasteiger charge is 2.32. The lowest BCUT2D eigenvalue weighted by Crippen LogP contribution is -2.40. The highest BCUT2D eigenvalue weighted by Crippen LogP contribution is 2.31. The first-order chi connectivity index (χ1) is 18.4. The van der Waals surface area contributed by atoms with Crippen molar-refractivity contribution in [3.8, 4) is 5.75 Å². The van der Waals surface area contributed by atoms with Crippen LogP contribution < -0.4 is 24.9 Å². The number of hydrogen-bond acceptors (Lipinski definition) is 6. The fourth-order valence-corrected chi connectivity index (χ4v) is 5.35. The van der Waals surface area contributed by atoms with Crippen LogP contribution in [0.1, 0.15) is 34.5 Å². The van der Waals surface area contributed by atoms with Crippen molar-refractivity contribution >= 4 is 35.0 Å². The van der Waals surface area contributed by atoms with Gasteiger partial charge in [-0.1, -0.05) is 53.8 Å². The van der Waals surface area contributed by atoms with E-state index in [9.17, 15) is 14.4 Å². The highest BCUT2D eigenvalue weighted by atomic mass is 32.1. The molecule has 1 aromatic heterocycles. The Balaban J connectivity index is 1.64. The zero-order valence-corrected chi connectivity index (χ0v) is 21.4. The average Bonchev–Trinajstić information content (AvgIpc) is 3.22. The van der Waals surface area contributed by atoms with Gasteiger partial charge in [-0.3, -0.25) is 14.2 Å².